The maximum absolute atomic E-state index is 2.45. The first-order valence-electron chi connectivity index (χ1n) is 15.1. The molecular weight excluding hydrogens is 532 g/mol. The van der Waals surface area contributed by atoms with Gasteiger partial charge in [-0.25, -0.2) is 0 Å². The fourth-order valence-corrected chi connectivity index (χ4v) is 7.04. The van der Waals surface area contributed by atoms with Crippen LogP contribution in [0.2, 0.25) is 0 Å². The summed E-state index contributed by atoms with van der Waals surface area (Å²) in [5.41, 5.74) is 12.1. The summed E-state index contributed by atoms with van der Waals surface area (Å²) < 4.78 is 4.88. The second-order valence-electron chi connectivity index (χ2n) is 11.4. The van der Waals surface area contributed by atoms with Crippen LogP contribution in [0.15, 0.2) is 170 Å². The molecule has 9 aromatic rings. The van der Waals surface area contributed by atoms with Gasteiger partial charge in [-0.3, -0.25) is 0 Å². The third-order valence-electron chi connectivity index (χ3n) is 8.91. The van der Waals surface area contributed by atoms with Crippen LogP contribution in [0.4, 0.5) is 0 Å². The van der Waals surface area contributed by atoms with Gasteiger partial charge in [0.1, 0.15) is 0 Å². The Morgan fingerprint density at radius 3 is 1.55 bits per heavy atom. The summed E-state index contributed by atoms with van der Waals surface area (Å²) in [6.07, 6.45) is 0. The first-order chi connectivity index (χ1) is 21.9. The molecule has 0 N–H and O–H groups in total. The van der Waals surface area contributed by atoms with Gasteiger partial charge in [-0.05, 0) is 59.2 Å². The first-order valence-corrected chi connectivity index (χ1v) is 15.1. The number of rotatable bonds is 4. The zero-order chi connectivity index (χ0) is 29.0. The van der Waals surface area contributed by atoms with Crippen LogP contribution in [0.5, 0.6) is 0 Å². The van der Waals surface area contributed by atoms with Crippen LogP contribution in [-0.4, -0.2) is 9.13 Å². The number of hydrogen-bond acceptors (Lipinski definition) is 0. The molecule has 9 rings (SSSR count). The Bertz CT molecular complexity index is 2480. The molecule has 7 aromatic carbocycles. The highest BCUT2D eigenvalue weighted by atomic mass is 15.0. The molecule has 0 bridgehead atoms. The van der Waals surface area contributed by atoms with E-state index in [-0.39, 0.29) is 0 Å². The van der Waals surface area contributed by atoms with Crippen LogP contribution in [0, 0.1) is 0 Å². The Morgan fingerprint density at radius 1 is 0.318 bits per heavy atom. The van der Waals surface area contributed by atoms with Crippen molar-refractivity contribution in [3.8, 4) is 33.6 Å². The van der Waals surface area contributed by atoms with Crippen molar-refractivity contribution in [2.45, 2.75) is 0 Å². The summed E-state index contributed by atoms with van der Waals surface area (Å²) >= 11 is 0. The molecule has 44 heavy (non-hydrogen) atoms. The van der Waals surface area contributed by atoms with Gasteiger partial charge in [-0.15, -0.1) is 0 Å². The molecule has 0 aliphatic carbocycles. The molecule has 0 aliphatic rings. The normalized spacial score (nSPS) is 11.6. The minimum Gasteiger partial charge on any atom is -0.309 e. The molecule has 0 spiro atoms. The van der Waals surface area contributed by atoms with E-state index in [1.54, 1.807) is 0 Å². The fraction of sp³-hybridized carbons (Fsp3) is 0. The zero-order valence-corrected chi connectivity index (χ0v) is 24.1. The molecule has 2 aromatic heterocycles. The van der Waals surface area contributed by atoms with E-state index in [4.69, 9.17) is 0 Å². The van der Waals surface area contributed by atoms with Crippen molar-refractivity contribution in [2.24, 2.45) is 0 Å². The smallest absolute Gasteiger partial charge is 0.0549 e. The second-order valence-corrected chi connectivity index (χ2v) is 11.4. The summed E-state index contributed by atoms with van der Waals surface area (Å²) in [7, 11) is 0. The molecule has 0 radical (unpaired) electrons. The minimum atomic E-state index is 1.16. The molecule has 0 unspecified atom stereocenters. The quantitative estimate of drug-likeness (QED) is 0.203. The van der Waals surface area contributed by atoms with Crippen LogP contribution in [0.1, 0.15) is 0 Å². The standard InChI is InChI=1S/C42H28N2/c1-3-14-29(15-4-1)31-18-13-19-32(28-31)43-37-24-11-8-21-34(37)41-39(43)26-27-40-42(41)35-22-9-12-25-38(35)44(40)36-23-10-7-20-33(36)30-16-5-2-6-17-30/h1-28H. The van der Waals surface area contributed by atoms with Crippen molar-refractivity contribution in [3.05, 3.63) is 170 Å². The summed E-state index contributed by atoms with van der Waals surface area (Å²) in [5, 5.41) is 5.10. The van der Waals surface area contributed by atoms with Gasteiger partial charge >= 0.3 is 0 Å². The lowest BCUT2D eigenvalue weighted by Crippen LogP contribution is -1.97. The molecule has 2 heterocycles. The van der Waals surface area contributed by atoms with Gasteiger partial charge in [0.2, 0.25) is 0 Å². The molecule has 2 nitrogen and oxygen atoms in total. The Kier molecular flexibility index (Phi) is 5.54. The number of fused-ring (bicyclic) bond motifs is 7. The Labute approximate surface area is 255 Å². The van der Waals surface area contributed by atoms with Gasteiger partial charge in [0, 0.05) is 32.8 Å². The SMILES string of the molecule is c1ccc(-c2cccc(-n3c4ccccc4c4c5c6ccccc6n(-c6ccccc6-c6ccccc6)c5ccc43)c2)cc1. The summed E-state index contributed by atoms with van der Waals surface area (Å²) in [5.74, 6) is 0. The first kappa shape index (κ1) is 24.7. The molecule has 0 saturated heterocycles. The lowest BCUT2D eigenvalue weighted by atomic mass is 10.0. The van der Waals surface area contributed by atoms with E-state index < -0.39 is 0 Å². The van der Waals surface area contributed by atoms with Gasteiger partial charge in [0.25, 0.3) is 0 Å². The number of para-hydroxylation sites is 3. The third kappa shape index (κ3) is 3.68. The largest absolute Gasteiger partial charge is 0.309 e. The average Bonchev–Trinajstić information content (AvgIpc) is 3.62. The van der Waals surface area contributed by atoms with Gasteiger partial charge in [-0.1, -0.05) is 127 Å². The average molecular weight is 561 g/mol. The van der Waals surface area contributed by atoms with Crippen molar-refractivity contribution < 1.29 is 0 Å². The van der Waals surface area contributed by atoms with Crippen LogP contribution in [-0.2, 0) is 0 Å². The monoisotopic (exact) mass is 560 g/mol. The third-order valence-corrected chi connectivity index (χ3v) is 8.91. The van der Waals surface area contributed by atoms with Crippen molar-refractivity contribution in [1.82, 2.24) is 9.13 Å². The molecule has 0 saturated carbocycles. The summed E-state index contributed by atoms with van der Waals surface area (Å²) in [6.45, 7) is 0. The van der Waals surface area contributed by atoms with E-state index >= 15 is 0 Å². The van der Waals surface area contributed by atoms with E-state index in [0.29, 0.717) is 0 Å². The van der Waals surface area contributed by atoms with E-state index in [9.17, 15) is 0 Å². The predicted molar refractivity (Wildman–Crippen MR) is 186 cm³/mol. The fourth-order valence-electron chi connectivity index (χ4n) is 7.04. The number of benzene rings is 7. The second kappa shape index (κ2) is 9.86. The van der Waals surface area contributed by atoms with Crippen molar-refractivity contribution in [2.75, 3.05) is 0 Å². The van der Waals surface area contributed by atoms with E-state index in [0.717, 1.165) is 5.69 Å². The molecule has 0 atom stereocenters. The zero-order valence-electron chi connectivity index (χ0n) is 24.1. The van der Waals surface area contributed by atoms with Gasteiger partial charge in [-0.2, -0.15) is 0 Å². The predicted octanol–water partition coefficient (Wildman–Crippen LogP) is 11.2. The summed E-state index contributed by atoms with van der Waals surface area (Å²) in [6, 6.07) is 61.3. The van der Waals surface area contributed by atoms with E-state index in [1.807, 2.05) is 0 Å². The van der Waals surface area contributed by atoms with Gasteiger partial charge < -0.3 is 9.13 Å². The molecule has 0 fully saturated rings. The lowest BCUT2D eigenvalue weighted by Gasteiger charge is -2.14. The molecular formula is C42H28N2. The van der Waals surface area contributed by atoms with Crippen LogP contribution >= 0.6 is 0 Å². The summed E-state index contributed by atoms with van der Waals surface area (Å²) in [4.78, 5) is 0. The van der Waals surface area contributed by atoms with Crippen molar-refractivity contribution in [3.63, 3.8) is 0 Å². The molecule has 0 aliphatic heterocycles. The topological polar surface area (TPSA) is 9.86 Å². The van der Waals surface area contributed by atoms with Gasteiger partial charge in [0.15, 0.2) is 0 Å². The van der Waals surface area contributed by atoms with Crippen molar-refractivity contribution >= 4 is 43.6 Å². The number of nitrogens with zero attached hydrogens (tertiary/aromatic N) is 2. The Hall–Kier alpha value is -5.86. The Balaban J connectivity index is 1.39. The number of aromatic nitrogens is 2. The van der Waals surface area contributed by atoms with Gasteiger partial charge in [0.05, 0.1) is 27.8 Å². The highest BCUT2D eigenvalue weighted by Gasteiger charge is 2.21. The number of hydrogen-bond donors (Lipinski definition) is 0. The lowest BCUT2D eigenvalue weighted by molar-refractivity contribution is 1.17. The minimum absolute atomic E-state index is 1.16. The maximum Gasteiger partial charge on any atom is 0.0549 e. The molecule has 2 heteroatoms. The molecule has 206 valence electrons. The highest BCUT2D eigenvalue weighted by molar-refractivity contribution is 6.29. The highest BCUT2D eigenvalue weighted by Crippen LogP contribution is 2.43. The van der Waals surface area contributed by atoms with Crippen molar-refractivity contribution in [1.29, 1.82) is 0 Å². The van der Waals surface area contributed by atoms with Crippen LogP contribution in [0.25, 0.3) is 77.2 Å². The maximum atomic E-state index is 2.45. The van der Waals surface area contributed by atoms with E-state index in [2.05, 4.69) is 179 Å². The Morgan fingerprint density at radius 2 is 0.841 bits per heavy atom. The van der Waals surface area contributed by atoms with Crippen LogP contribution in [0.3, 0.4) is 0 Å². The van der Waals surface area contributed by atoms with E-state index in [1.165, 1.54) is 71.6 Å². The molecule has 0 amide bonds. The van der Waals surface area contributed by atoms with Crippen LogP contribution < -0.4 is 0 Å².